The monoisotopic (exact) mass is 440 g/mol. The molecule has 0 bridgehead atoms. The second-order valence-corrected chi connectivity index (χ2v) is 11.0. The molecule has 2 aliphatic rings. The number of carbonyl (C=O) groups is 1. The van der Waals surface area contributed by atoms with E-state index in [1.807, 2.05) is 0 Å². The van der Waals surface area contributed by atoms with E-state index < -0.39 is 10.0 Å². The maximum absolute atomic E-state index is 13.8. The molecule has 1 atom stereocenters. The molecular weight excluding hydrogens is 408 g/mol. The van der Waals surface area contributed by atoms with Crippen molar-refractivity contribution in [3.63, 3.8) is 0 Å². The Labute approximate surface area is 186 Å². The number of amides is 1. The Hall–Kier alpha value is -2.18. The molecule has 0 N–H and O–H groups in total. The van der Waals surface area contributed by atoms with Gasteiger partial charge in [-0.05, 0) is 56.2 Å². The summed E-state index contributed by atoms with van der Waals surface area (Å²) >= 11 is 0. The molecule has 0 radical (unpaired) electrons. The van der Waals surface area contributed by atoms with E-state index in [9.17, 15) is 13.2 Å². The van der Waals surface area contributed by atoms with Crippen LogP contribution < -0.4 is 0 Å². The third-order valence-corrected chi connectivity index (χ3v) is 8.68. The lowest BCUT2D eigenvalue weighted by Crippen LogP contribution is -2.45. The van der Waals surface area contributed by atoms with Gasteiger partial charge in [-0.1, -0.05) is 54.1 Å². The van der Waals surface area contributed by atoms with Crippen molar-refractivity contribution in [2.75, 3.05) is 18.8 Å². The predicted molar refractivity (Wildman–Crippen MR) is 123 cm³/mol. The molecule has 1 amide bonds. The van der Waals surface area contributed by atoms with Crippen molar-refractivity contribution < 1.29 is 13.2 Å². The van der Waals surface area contributed by atoms with E-state index >= 15 is 0 Å². The topological polar surface area (TPSA) is 57.7 Å². The van der Waals surface area contributed by atoms with Gasteiger partial charge in [0.2, 0.25) is 15.9 Å². The van der Waals surface area contributed by atoms with Crippen molar-refractivity contribution in [3.05, 3.63) is 70.8 Å². The van der Waals surface area contributed by atoms with Gasteiger partial charge in [0.15, 0.2) is 0 Å². The van der Waals surface area contributed by atoms with Gasteiger partial charge in [0.1, 0.15) is 0 Å². The molecule has 5 nitrogen and oxygen atoms in total. The first-order chi connectivity index (χ1) is 14.9. The predicted octanol–water partition coefficient (Wildman–Crippen LogP) is 4.07. The fourth-order valence-electron chi connectivity index (χ4n) is 4.89. The van der Waals surface area contributed by atoms with E-state index in [-0.39, 0.29) is 23.6 Å². The van der Waals surface area contributed by atoms with E-state index in [2.05, 4.69) is 60.4 Å². The molecule has 6 heteroatoms. The number of benzene rings is 2. The summed E-state index contributed by atoms with van der Waals surface area (Å²) in [5.41, 5.74) is 4.93. The summed E-state index contributed by atoms with van der Waals surface area (Å²) in [6, 6.07) is 16.9. The minimum absolute atomic E-state index is 0.0856. The first-order valence-electron chi connectivity index (χ1n) is 11.3. The van der Waals surface area contributed by atoms with Crippen LogP contribution in [0.3, 0.4) is 0 Å². The average Bonchev–Trinajstić information content (AvgIpc) is 3.22. The van der Waals surface area contributed by atoms with Crippen LogP contribution in [0.25, 0.3) is 0 Å². The van der Waals surface area contributed by atoms with Crippen LogP contribution in [0.15, 0.2) is 48.5 Å². The summed E-state index contributed by atoms with van der Waals surface area (Å²) < 4.78 is 26.0. The number of hydrogen-bond acceptors (Lipinski definition) is 3. The Kier molecular flexibility index (Phi) is 6.49. The molecule has 166 valence electrons. The lowest BCUT2D eigenvalue weighted by atomic mass is 9.94. The van der Waals surface area contributed by atoms with E-state index in [1.54, 1.807) is 11.2 Å². The van der Waals surface area contributed by atoms with Gasteiger partial charge < -0.3 is 4.90 Å². The second-order valence-electron chi connectivity index (χ2n) is 8.78. The fourth-order valence-corrected chi connectivity index (χ4v) is 6.02. The summed E-state index contributed by atoms with van der Waals surface area (Å²) in [6.07, 6.45) is 3.12. The summed E-state index contributed by atoms with van der Waals surface area (Å²) in [5, 5.41) is 0. The molecule has 1 aliphatic heterocycles. The largest absolute Gasteiger partial charge is 0.331 e. The third-order valence-electron chi connectivity index (χ3n) is 6.80. The molecule has 1 fully saturated rings. The van der Waals surface area contributed by atoms with E-state index in [4.69, 9.17) is 0 Å². The zero-order valence-corrected chi connectivity index (χ0v) is 19.3. The highest BCUT2D eigenvalue weighted by Gasteiger charge is 2.37. The average molecular weight is 441 g/mol. The molecule has 1 heterocycles. The van der Waals surface area contributed by atoms with Gasteiger partial charge in [-0.15, -0.1) is 0 Å². The Morgan fingerprint density at radius 2 is 1.71 bits per heavy atom. The minimum Gasteiger partial charge on any atom is -0.331 e. The highest BCUT2D eigenvalue weighted by molar-refractivity contribution is 7.89. The van der Waals surface area contributed by atoms with Gasteiger partial charge in [0.05, 0.1) is 11.8 Å². The van der Waals surface area contributed by atoms with Crippen molar-refractivity contribution >= 4 is 15.9 Å². The maximum Gasteiger partial charge on any atom is 0.226 e. The molecule has 0 spiro atoms. The molecule has 1 saturated heterocycles. The molecule has 0 unspecified atom stereocenters. The van der Waals surface area contributed by atoms with Crippen LogP contribution in [-0.4, -0.2) is 42.4 Å². The normalized spacial score (nSPS) is 19.9. The Morgan fingerprint density at radius 3 is 2.39 bits per heavy atom. The number of piperidine rings is 1. The smallest absolute Gasteiger partial charge is 0.226 e. The summed E-state index contributed by atoms with van der Waals surface area (Å²) in [5.74, 6) is 0.154. The van der Waals surface area contributed by atoms with Crippen molar-refractivity contribution in [2.24, 2.45) is 5.92 Å². The fraction of sp³-hybridized carbons (Fsp3) is 0.480. The number of carbonyl (C=O) groups excluding carboxylic acids is 1. The van der Waals surface area contributed by atoms with E-state index in [1.165, 1.54) is 16.7 Å². The lowest BCUT2D eigenvalue weighted by molar-refractivity contribution is -0.140. The second kappa shape index (κ2) is 9.13. The molecule has 2 aromatic rings. The molecule has 4 rings (SSSR count). The minimum atomic E-state index is -3.19. The van der Waals surface area contributed by atoms with Crippen LogP contribution in [0.2, 0.25) is 0 Å². The van der Waals surface area contributed by atoms with Crippen molar-refractivity contribution in [1.82, 2.24) is 9.21 Å². The SMILES string of the molecule is CCS(=O)(=O)N1CCC(C(=O)N(Cc2ccc(C)cc2)[C@H]2CCc3ccccc32)CC1. The first kappa shape index (κ1) is 22.0. The zero-order valence-electron chi connectivity index (χ0n) is 18.5. The van der Waals surface area contributed by atoms with Crippen LogP contribution in [0.1, 0.15) is 54.5 Å². The van der Waals surface area contributed by atoms with Gasteiger partial charge in [-0.3, -0.25) is 4.79 Å². The molecule has 0 aromatic heterocycles. The first-order valence-corrected chi connectivity index (χ1v) is 12.9. The van der Waals surface area contributed by atoms with E-state index in [0.29, 0.717) is 32.5 Å². The highest BCUT2D eigenvalue weighted by Crippen LogP contribution is 2.38. The number of rotatable bonds is 6. The van der Waals surface area contributed by atoms with Crippen LogP contribution in [0.5, 0.6) is 0 Å². The molecular formula is C25H32N2O3S. The van der Waals surface area contributed by atoms with Crippen molar-refractivity contribution in [3.8, 4) is 0 Å². The number of fused-ring (bicyclic) bond motifs is 1. The van der Waals surface area contributed by atoms with Crippen molar-refractivity contribution in [1.29, 1.82) is 0 Å². The van der Waals surface area contributed by atoms with Gasteiger partial charge in [-0.2, -0.15) is 0 Å². The summed E-state index contributed by atoms with van der Waals surface area (Å²) in [4.78, 5) is 15.8. The number of sulfonamides is 1. The van der Waals surface area contributed by atoms with Crippen LogP contribution in [0.4, 0.5) is 0 Å². The maximum atomic E-state index is 13.8. The Balaban J connectivity index is 1.56. The number of nitrogens with zero attached hydrogens (tertiary/aromatic N) is 2. The van der Waals surface area contributed by atoms with Crippen LogP contribution >= 0.6 is 0 Å². The Bertz CT molecular complexity index is 1020. The highest BCUT2D eigenvalue weighted by atomic mass is 32.2. The number of hydrogen-bond donors (Lipinski definition) is 0. The Morgan fingerprint density at radius 1 is 1.03 bits per heavy atom. The quantitative estimate of drug-likeness (QED) is 0.680. The van der Waals surface area contributed by atoms with Gasteiger partial charge in [0.25, 0.3) is 0 Å². The lowest BCUT2D eigenvalue weighted by Gasteiger charge is -2.36. The summed E-state index contributed by atoms with van der Waals surface area (Å²) in [6.45, 7) is 5.20. The van der Waals surface area contributed by atoms with Crippen LogP contribution in [-0.2, 0) is 27.8 Å². The molecule has 31 heavy (non-hydrogen) atoms. The van der Waals surface area contributed by atoms with Crippen molar-refractivity contribution in [2.45, 2.75) is 52.1 Å². The van der Waals surface area contributed by atoms with Gasteiger partial charge in [0, 0.05) is 25.6 Å². The molecule has 0 saturated carbocycles. The van der Waals surface area contributed by atoms with E-state index in [0.717, 1.165) is 18.4 Å². The van der Waals surface area contributed by atoms with Gasteiger partial charge >= 0.3 is 0 Å². The molecule has 1 aliphatic carbocycles. The standard InChI is InChI=1S/C25H32N2O3S/c1-3-31(29,30)26-16-14-22(15-17-26)25(28)27(18-20-10-8-19(2)9-11-20)24-13-12-21-6-4-5-7-23(21)24/h4-11,22,24H,3,12-18H2,1-2H3/t24-/m0/s1. The number of aryl methyl sites for hydroxylation is 2. The zero-order chi connectivity index (χ0) is 22.0. The van der Waals surface area contributed by atoms with Gasteiger partial charge in [-0.25, -0.2) is 12.7 Å². The molecule has 2 aromatic carbocycles. The van der Waals surface area contributed by atoms with Crippen LogP contribution in [0, 0.1) is 12.8 Å². The summed E-state index contributed by atoms with van der Waals surface area (Å²) in [7, 11) is -3.19. The third kappa shape index (κ3) is 4.70.